The Morgan fingerprint density at radius 1 is 1.60 bits per heavy atom. The van der Waals surface area contributed by atoms with Crippen LogP contribution in [0, 0.1) is 0 Å². The Balaban J connectivity index is 0.000000180. The standard InChI is InChI=1S/C5H7N.C2H4O2/c1-2-4-6-5-3-1;1-2(3)4/h1-4,6H,5H2;1H3,(H,3,4). The third-order valence-corrected chi connectivity index (χ3v) is 0.697. The molecule has 0 unspecified atom stereocenters. The number of carbonyl (C=O) groups is 1. The lowest BCUT2D eigenvalue weighted by Crippen LogP contribution is -2.05. The van der Waals surface area contributed by atoms with Gasteiger partial charge in [0.05, 0.1) is 0 Å². The highest BCUT2D eigenvalue weighted by Crippen LogP contribution is 1.78. The molecule has 0 aromatic rings. The predicted octanol–water partition coefficient (Wildman–Crippen LogP) is 0.750. The molecule has 0 saturated carbocycles. The molecular weight excluding hydrogens is 130 g/mol. The fourth-order valence-corrected chi connectivity index (χ4v) is 0.406. The molecule has 1 heterocycles. The number of hydrogen-bond acceptors (Lipinski definition) is 2. The maximum atomic E-state index is 9.00. The van der Waals surface area contributed by atoms with E-state index in [4.69, 9.17) is 9.90 Å². The minimum atomic E-state index is -0.833. The molecule has 10 heavy (non-hydrogen) atoms. The van der Waals surface area contributed by atoms with Crippen molar-refractivity contribution in [3.8, 4) is 0 Å². The second kappa shape index (κ2) is 5.88. The Bertz CT molecular complexity index is 134. The van der Waals surface area contributed by atoms with Gasteiger partial charge in [-0.25, -0.2) is 0 Å². The van der Waals surface area contributed by atoms with Gasteiger partial charge in [0, 0.05) is 13.5 Å². The molecule has 2 N–H and O–H groups in total. The largest absolute Gasteiger partial charge is 0.481 e. The van der Waals surface area contributed by atoms with Crippen LogP contribution in [0.1, 0.15) is 6.92 Å². The minimum Gasteiger partial charge on any atom is -0.481 e. The van der Waals surface area contributed by atoms with Gasteiger partial charge in [-0.3, -0.25) is 4.79 Å². The fourth-order valence-electron chi connectivity index (χ4n) is 0.406. The summed E-state index contributed by atoms with van der Waals surface area (Å²) in [7, 11) is 0. The Morgan fingerprint density at radius 3 is 2.30 bits per heavy atom. The average molecular weight is 141 g/mol. The van der Waals surface area contributed by atoms with Crippen LogP contribution in [0.3, 0.4) is 0 Å². The molecule has 0 amide bonds. The number of dihydropyridines is 1. The molecule has 3 nitrogen and oxygen atoms in total. The highest BCUT2D eigenvalue weighted by molar-refractivity contribution is 5.62. The van der Waals surface area contributed by atoms with E-state index >= 15 is 0 Å². The minimum absolute atomic E-state index is 0.833. The van der Waals surface area contributed by atoms with Crippen molar-refractivity contribution in [1.82, 2.24) is 5.32 Å². The van der Waals surface area contributed by atoms with Crippen LogP contribution in [0.4, 0.5) is 0 Å². The topological polar surface area (TPSA) is 49.3 Å². The van der Waals surface area contributed by atoms with Gasteiger partial charge in [0.1, 0.15) is 0 Å². The summed E-state index contributed by atoms with van der Waals surface area (Å²) in [5, 5.41) is 10.4. The van der Waals surface area contributed by atoms with Crippen LogP contribution in [0.25, 0.3) is 0 Å². The molecule has 0 aromatic heterocycles. The number of hydrogen-bond donors (Lipinski definition) is 2. The van der Waals surface area contributed by atoms with Gasteiger partial charge in [0.2, 0.25) is 0 Å². The predicted molar refractivity (Wildman–Crippen MR) is 39.6 cm³/mol. The molecular formula is C7H11NO2. The van der Waals surface area contributed by atoms with Crippen LogP contribution in [-0.2, 0) is 4.79 Å². The number of rotatable bonds is 0. The van der Waals surface area contributed by atoms with Gasteiger partial charge < -0.3 is 10.4 Å². The van der Waals surface area contributed by atoms with E-state index in [9.17, 15) is 0 Å². The molecule has 0 fully saturated rings. The first kappa shape index (κ1) is 8.75. The normalized spacial score (nSPS) is 12.9. The Morgan fingerprint density at radius 2 is 2.20 bits per heavy atom. The van der Waals surface area contributed by atoms with Gasteiger partial charge in [0.25, 0.3) is 5.97 Å². The molecule has 0 aliphatic carbocycles. The molecule has 0 spiro atoms. The molecule has 56 valence electrons. The van der Waals surface area contributed by atoms with Gasteiger partial charge in [0.15, 0.2) is 0 Å². The zero-order valence-corrected chi connectivity index (χ0v) is 5.87. The highest BCUT2D eigenvalue weighted by Gasteiger charge is 1.73. The summed E-state index contributed by atoms with van der Waals surface area (Å²) in [4.78, 5) is 9.00. The lowest BCUT2D eigenvalue weighted by atomic mass is 10.4. The van der Waals surface area contributed by atoms with E-state index in [2.05, 4.69) is 11.4 Å². The van der Waals surface area contributed by atoms with E-state index in [1.165, 1.54) is 0 Å². The second-order valence-electron chi connectivity index (χ2n) is 1.71. The monoisotopic (exact) mass is 141 g/mol. The number of allylic oxidation sites excluding steroid dienone is 2. The summed E-state index contributed by atoms with van der Waals surface area (Å²) in [6.45, 7) is 2.07. The van der Waals surface area contributed by atoms with Crippen molar-refractivity contribution in [2.45, 2.75) is 6.92 Å². The van der Waals surface area contributed by atoms with Crippen LogP contribution >= 0.6 is 0 Å². The van der Waals surface area contributed by atoms with E-state index in [1.807, 2.05) is 18.4 Å². The summed E-state index contributed by atoms with van der Waals surface area (Å²) in [6.07, 6.45) is 8.00. The molecule has 1 aliphatic rings. The van der Waals surface area contributed by atoms with Crippen LogP contribution in [-0.4, -0.2) is 17.6 Å². The first-order chi connectivity index (χ1) is 4.73. The maximum Gasteiger partial charge on any atom is 0.300 e. The quantitative estimate of drug-likeness (QED) is 0.523. The third kappa shape index (κ3) is 9.89. The average Bonchev–Trinajstić information content (AvgIpc) is 1.90. The van der Waals surface area contributed by atoms with Crippen LogP contribution in [0.15, 0.2) is 24.4 Å². The summed E-state index contributed by atoms with van der Waals surface area (Å²) in [5.41, 5.74) is 0. The lowest BCUT2D eigenvalue weighted by molar-refractivity contribution is -0.134. The van der Waals surface area contributed by atoms with E-state index in [-0.39, 0.29) is 0 Å². The van der Waals surface area contributed by atoms with Gasteiger partial charge in [-0.2, -0.15) is 0 Å². The van der Waals surface area contributed by atoms with Crippen molar-refractivity contribution in [3.05, 3.63) is 24.4 Å². The number of nitrogens with one attached hydrogen (secondary N) is 1. The Labute approximate surface area is 60.1 Å². The zero-order chi connectivity index (χ0) is 7.82. The van der Waals surface area contributed by atoms with Gasteiger partial charge >= 0.3 is 0 Å². The van der Waals surface area contributed by atoms with Crippen molar-refractivity contribution < 1.29 is 9.90 Å². The van der Waals surface area contributed by atoms with E-state index in [0.717, 1.165) is 13.5 Å². The summed E-state index contributed by atoms with van der Waals surface area (Å²) in [6, 6.07) is 0. The van der Waals surface area contributed by atoms with Crippen molar-refractivity contribution in [2.75, 3.05) is 6.54 Å². The maximum absolute atomic E-state index is 9.00. The van der Waals surface area contributed by atoms with Gasteiger partial charge in [-0.15, -0.1) is 0 Å². The van der Waals surface area contributed by atoms with Crippen molar-refractivity contribution >= 4 is 5.97 Å². The Hall–Kier alpha value is -1.25. The number of carboxylic acids is 1. The molecule has 1 aliphatic heterocycles. The highest BCUT2D eigenvalue weighted by atomic mass is 16.4. The van der Waals surface area contributed by atoms with Crippen molar-refractivity contribution in [1.29, 1.82) is 0 Å². The zero-order valence-electron chi connectivity index (χ0n) is 5.87. The molecule has 0 saturated heterocycles. The summed E-state index contributed by atoms with van der Waals surface area (Å²) >= 11 is 0. The number of aliphatic carboxylic acids is 1. The molecule has 0 bridgehead atoms. The molecule has 3 heteroatoms. The molecule has 1 rings (SSSR count). The first-order valence-electron chi connectivity index (χ1n) is 2.98. The van der Waals surface area contributed by atoms with E-state index in [0.29, 0.717) is 0 Å². The van der Waals surface area contributed by atoms with Gasteiger partial charge in [-0.1, -0.05) is 12.2 Å². The fraction of sp³-hybridized carbons (Fsp3) is 0.286. The SMILES string of the molecule is C1=CCNC=C1.CC(=O)O. The van der Waals surface area contributed by atoms with Crippen molar-refractivity contribution in [3.63, 3.8) is 0 Å². The van der Waals surface area contributed by atoms with Crippen LogP contribution in [0.2, 0.25) is 0 Å². The first-order valence-corrected chi connectivity index (χ1v) is 2.98. The lowest BCUT2D eigenvalue weighted by Gasteiger charge is -1.94. The smallest absolute Gasteiger partial charge is 0.300 e. The molecule has 0 aromatic carbocycles. The molecule has 0 radical (unpaired) electrons. The van der Waals surface area contributed by atoms with E-state index < -0.39 is 5.97 Å². The van der Waals surface area contributed by atoms with E-state index in [1.54, 1.807) is 0 Å². The summed E-state index contributed by atoms with van der Waals surface area (Å²) in [5.74, 6) is -0.833. The van der Waals surface area contributed by atoms with Crippen LogP contribution in [0.5, 0.6) is 0 Å². The molecule has 0 atom stereocenters. The Kier molecular flexibility index (Phi) is 5.14. The summed E-state index contributed by atoms with van der Waals surface area (Å²) < 4.78 is 0. The second-order valence-corrected chi connectivity index (χ2v) is 1.71. The van der Waals surface area contributed by atoms with Crippen LogP contribution < -0.4 is 5.32 Å². The third-order valence-electron chi connectivity index (χ3n) is 0.697. The number of carboxylic acid groups (broad SMARTS) is 1. The van der Waals surface area contributed by atoms with Crippen molar-refractivity contribution in [2.24, 2.45) is 0 Å². The van der Waals surface area contributed by atoms with Gasteiger partial charge in [-0.05, 0) is 12.3 Å².